The number of carbonyl (C=O) groups excluding carboxylic acids is 2. The summed E-state index contributed by atoms with van der Waals surface area (Å²) in [6, 6.07) is 7.47. The Hall–Kier alpha value is -2.11. The van der Waals surface area contributed by atoms with Gasteiger partial charge in [0.05, 0.1) is 24.5 Å². The normalized spacial score (nSPS) is 32.1. The molecule has 0 radical (unpaired) electrons. The number of halogens is 1. The minimum absolute atomic E-state index is 0.0504. The number of carbonyl (C=O) groups is 2. The molecule has 0 aliphatic carbocycles. The van der Waals surface area contributed by atoms with Gasteiger partial charge in [0.1, 0.15) is 5.60 Å². The predicted molar refractivity (Wildman–Crippen MR) is 93.8 cm³/mol. The van der Waals surface area contributed by atoms with E-state index in [1.165, 1.54) is 0 Å². The highest BCUT2D eigenvalue weighted by atomic mass is 35.5. The molecule has 1 aromatic carbocycles. The van der Waals surface area contributed by atoms with Crippen molar-refractivity contribution in [3.8, 4) is 0 Å². The number of fused-ring (bicyclic) bond motifs is 1. The lowest BCUT2D eigenvalue weighted by atomic mass is 9.77. The van der Waals surface area contributed by atoms with E-state index in [1.54, 1.807) is 11.0 Å². The predicted octanol–water partition coefficient (Wildman–Crippen LogP) is 1.92. The maximum atomic E-state index is 13.0. The third kappa shape index (κ3) is 2.50. The van der Waals surface area contributed by atoms with Crippen LogP contribution in [0.2, 0.25) is 5.02 Å². The summed E-state index contributed by atoms with van der Waals surface area (Å²) in [4.78, 5) is 27.3. The Balaban J connectivity index is 1.58. The molecular formula is C19H19ClN2O3. The van der Waals surface area contributed by atoms with E-state index in [0.717, 1.165) is 5.56 Å². The zero-order chi connectivity index (χ0) is 17.6. The zero-order valence-corrected chi connectivity index (χ0v) is 14.4. The van der Waals surface area contributed by atoms with Crippen LogP contribution in [0.5, 0.6) is 0 Å². The van der Waals surface area contributed by atoms with Gasteiger partial charge in [-0.15, -0.1) is 6.58 Å². The Kier molecular flexibility index (Phi) is 3.93. The van der Waals surface area contributed by atoms with Gasteiger partial charge in [0.25, 0.3) is 0 Å². The fraction of sp³-hybridized carbons (Fsp3) is 0.368. The number of ether oxygens (including phenoxy) is 1. The van der Waals surface area contributed by atoms with Crippen LogP contribution in [-0.4, -0.2) is 41.5 Å². The summed E-state index contributed by atoms with van der Waals surface area (Å²) in [6.07, 6.45) is 5.14. The van der Waals surface area contributed by atoms with Crippen molar-refractivity contribution in [2.24, 2.45) is 11.8 Å². The Morgan fingerprint density at radius 2 is 2.28 bits per heavy atom. The molecule has 0 aromatic heterocycles. The Bertz CT molecular complexity index is 778. The molecule has 2 saturated heterocycles. The van der Waals surface area contributed by atoms with E-state index in [1.807, 2.05) is 36.4 Å². The maximum Gasteiger partial charge on any atom is 0.230 e. The second kappa shape index (κ2) is 6.00. The number of benzene rings is 1. The molecule has 1 N–H and O–H groups in total. The molecule has 2 amide bonds. The highest BCUT2D eigenvalue weighted by Crippen LogP contribution is 2.52. The number of nitrogens with zero attached hydrogens (tertiary/aromatic N) is 1. The van der Waals surface area contributed by atoms with E-state index in [9.17, 15) is 9.59 Å². The number of rotatable bonds is 5. The number of nitrogens with one attached hydrogen (secondary N) is 1. The van der Waals surface area contributed by atoms with Crippen LogP contribution in [0, 0.1) is 11.8 Å². The van der Waals surface area contributed by atoms with Gasteiger partial charge in [0.15, 0.2) is 0 Å². The summed E-state index contributed by atoms with van der Waals surface area (Å²) in [5.41, 5.74) is 0.194. The van der Waals surface area contributed by atoms with Crippen LogP contribution in [0.3, 0.4) is 0 Å². The molecule has 5 nitrogen and oxygen atoms in total. The molecule has 1 spiro atoms. The molecule has 3 aliphatic rings. The summed E-state index contributed by atoms with van der Waals surface area (Å²) in [5, 5.41) is 3.43. The summed E-state index contributed by atoms with van der Waals surface area (Å²) >= 11 is 6.23. The van der Waals surface area contributed by atoms with Crippen molar-refractivity contribution in [2.75, 3.05) is 13.1 Å². The largest absolute Gasteiger partial charge is 0.360 e. The highest BCUT2D eigenvalue weighted by Gasteiger charge is 2.66. The standard InChI is InChI=1S/C19H19ClN2O3/c1-2-9-21-17(23)15-14-7-8-19(25-14)11-22(18(24)16(15)19)10-12-5-3-4-6-13(12)20/h2-8,14-16H,1,9-11H2,(H,21,23). The molecule has 4 rings (SSSR count). The molecular weight excluding hydrogens is 340 g/mol. The Morgan fingerprint density at radius 1 is 1.48 bits per heavy atom. The van der Waals surface area contributed by atoms with Crippen molar-refractivity contribution in [2.45, 2.75) is 18.2 Å². The van der Waals surface area contributed by atoms with Crippen LogP contribution >= 0.6 is 11.6 Å². The van der Waals surface area contributed by atoms with Crippen molar-refractivity contribution < 1.29 is 14.3 Å². The molecule has 130 valence electrons. The zero-order valence-electron chi connectivity index (χ0n) is 13.7. The van der Waals surface area contributed by atoms with Crippen LogP contribution in [0.4, 0.5) is 0 Å². The summed E-state index contributed by atoms with van der Waals surface area (Å²) in [7, 11) is 0. The fourth-order valence-electron chi connectivity index (χ4n) is 4.13. The van der Waals surface area contributed by atoms with Crippen LogP contribution in [0.25, 0.3) is 0 Å². The van der Waals surface area contributed by atoms with Crippen molar-refractivity contribution in [3.63, 3.8) is 0 Å². The highest BCUT2D eigenvalue weighted by molar-refractivity contribution is 6.31. The average molecular weight is 359 g/mol. The lowest BCUT2D eigenvalue weighted by Gasteiger charge is -2.23. The van der Waals surface area contributed by atoms with Crippen LogP contribution in [0.15, 0.2) is 49.1 Å². The number of amides is 2. The number of likely N-dealkylation sites (tertiary alicyclic amines) is 1. The van der Waals surface area contributed by atoms with Gasteiger partial charge in [-0.1, -0.05) is 48.0 Å². The van der Waals surface area contributed by atoms with E-state index >= 15 is 0 Å². The maximum absolute atomic E-state index is 13.0. The molecule has 4 unspecified atom stereocenters. The lowest BCUT2D eigenvalue weighted by molar-refractivity contribution is -0.137. The Morgan fingerprint density at radius 3 is 3.04 bits per heavy atom. The molecule has 3 heterocycles. The van der Waals surface area contributed by atoms with Gasteiger partial charge in [-0.3, -0.25) is 9.59 Å². The van der Waals surface area contributed by atoms with Crippen molar-refractivity contribution in [3.05, 3.63) is 59.7 Å². The first-order chi connectivity index (χ1) is 12.1. The molecule has 0 saturated carbocycles. The lowest BCUT2D eigenvalue weighted by Crippen LogP contribution is -2.44. The molecule has 3 aliphatic heterocycles. The van der Waals surface area contributed by atoms with Crippen LogP contribution < -0.4 is 5.32 Å². The minimum Gasteiger partial charge on any atom is -0.360 e. The average Bonchev–Trinajstić information content (AvgIpc) is 3.23. The quantitative estimate of drug-likeness (QED) is 0.818. The summed E-state index contributed by atoms with van der Waals surface area (Å²) in [5.74, 6) is -1.18. The number of hydrogen-bond donors (Lipinski definition) is 1. The van der Waals surface area contributed by atoms with E-state index in [4.69, 9.17) is 16.3 Å². The second-order valence-electron chi connectivity index (χ2n) is 6.72. The van der Waals surface area contributed by atoms with E-state index in [-0.39, 0.29) is 17.9 Å². The van der Waals surface area contributed by atoms with E-state index < -0.39 is 17.4 Å². The smallest absolute Gasteiger partial charge is 0.230 e. The number of hydrogen-bond acceptors (Lipinski definition) is 3. The second-order valence-corrected chi connectivity index (χ2v) is 7.13. The van der Waals surface area contributed by atoms with E-state index in [2.05, 4.69) is 11.9 Å². The van der Waals surface area contributed by atoms with Gasteiger partial charge in [0.2, 0.25) is 11.8 Å². The summed E-state index contributed by atoms with van der Waals surface area (Å²) < 4.78 is 6.07. The molecule has 25 heavy (non-hydrogen) atoms. The van der Waals surface area contributed by atoms with Crippen LogP contribution in [0.1, 0.15) is 5.56 Å². The third-order valence-electron chi connectivity index (χ3n) is 5.22. The topological polar surface area (TPSA) is 58.6 Å². The van der Waals surface area contributed by atoms with Gasteiger partial charge in [-0.25, -0.2) is 0 Å². The van der Waals surface area contributed by atoms with Crippen molar-refractivity contribution in [1.29, 1.82) is 0 Å². The van der Waals surface area contributed by atoms with Gasteiger partial charge in [-0.05, 0) is 11.6 Å². The minimum atomic E-state index is -0.695. The monoisotopic (exact) mass is 358 g/mol. The molecule has 4 atom stereocenters. The first-order valence-corrected chi connectivity index (χ1v) is 8.71. The summed E-state index contributed by atoms with van der Waals surface area (Å²) in [6.45, 7) is 4.85. The SMILES string of the molecule is C=CCNC(=O)C1C2C=CC3(CN(Cc4ccccc4Cl)C(=O)C13)O2. The van der Waals surface area contributed by atoms with Gasteiger partial charge in [-0.2, -0.15) is 0 Å². The van der Waals surface area contributed by atoms with Gasteiger partial charge >= 0.3 is 0 Å². The first kappa shape index (κ1) is 16.4. The molecule has 2 bridgehead atoms. The fourth-order valence-corrected chi connectivity index (χ4v) is 4.33. The molecule has 2 fully saturated rings. The van der Waals surface area contributed by atoms with E-state index in [0.29, 0.717) is 24.7 Å². The first-order valence-electron chi connectivity index (χ1n) is 8.34. The molecule has 6 heteroatoms. The third-order valence-corrected chi connectivity index (χ3v) is 5.59. The van der Waals surface area contributed by atoms with Crippen LogP contribution in [-0.2, 0) is 20.9 Å². The van der Waals surface area contributed by atoms with Crippen molar-refractivity contribution >= 4 is 23.4 Å². The van der Waals surface area contributed by atoms with Gasteiger partial charge < -0.3 is 15.0 Å². The Labute approximate surface area is 151 Å². The van der Waals surface area contributed by atoms with Crippen molar-refractivity contribution in [1.82, 2.24) is 10.2 Å². The molecule has 1 aromatic rings. The van der Waals surface area contributed by atoms with Gasteiger partial charge in [0, 0.05) is 18.1 Å².